The van der Waals surface area contributed by atoms with Crippen LogP contribution in [0, 0.1) is 6.92 Å². The lowest BCUT2D eigenvalue weighted by molar-refractivity contribution is -0.132. The number of carbonyl (C=O) groups is 2. The van der Waals surface area contributed by atoms with Crippen molar-refractivity contribution in [1.29, 1.82) is 0 Å². The summed E-state index contributed by atoms with van der Waals surface area (Å²) in [6, 6.07) is 8.51. The van der Waals surface area contributed by atoms with Crippen LogP contribution < -0.4 is 15.8 Å². The molecule has 3 aromatic rings. The molecule has 242 valence electrons. The molecule has 0 unspecified atom stereocenters. The molecule has 2 aromatic heterocycles. The van der Waals surface area contributed by atoms with Crippen LogP contribution in [0.25, 0.3) is 0 Å². The molecule has 1 aromatic carbocycles. The highest BCUT2D eigenvalue weighted by Crippen LogP contribution is 2.27. The van der Waals surface area contributed by atoms with Gasteiger partial charge in [-0.05, 0) is 70.3 Å². The van der Waals surface area contributed by atoms with E-state index in [2.05, 4.69) is 30.5 Å². The summed E-state index contributed by atoms with van der Waals surface area (Å²) in [7, 11) is -3.79. The standard InChI is InChI=1S/C30H40N8O5S2/c1-3-43-28(40)27-20(2)33-30(44-27)36-29-34-22(17-25(35-29)32-19-21-7-9-24(10-8-21)45(31,41)42)18-26(39)38-15-11-23(12-16-38)37-13-5-4-6-14-37/h7-10,17,23H,3-6,11-16,18-19H2,1-2H3,(H2,31,41,42)(H2,32,33,34,35,36). The predicted octanol–water partition coefficient (Wildman–Crippen LogP) is 3.44. The summed E-state index contributed by atoms with van der Waals surface area (Å²) in [6.07, 6.45) is 5.88. The van der Waals surface area contributed by atoms with Crippen molar-refractivity contribution >= 4 is 50.1 Å². The Morgan fingerprint density at radius 3 is 2.42 bits per heavy atom. The molecule has 1 amide bonds. The zero-order chi connectivity index (χ0) is 32.0. The van der Waals surface area contributed by atoms with E-state index in [1.165, 1.54) is 31.4 Å². The summed E-state index contributed by atoms with van der Waals surface area (Å²) in [5.41, 5.74) is 1.86. The van der Waals surface area contributed by atoms with Crippen molar-refractivity contribution < 1.29 is 22.7 Å². The van der Waals surface area contributed by atoms with Crippen molar-refractivity contribution in [2.75, 3.05) is 43.4 Å². The molecule has 0 aliphatic carbocycles. The summed E-state index contributed by atoms with van der Waals surface area (Å²) in [6.45, 7) is 7.83. The van der Waals surface area contributed by atoms with Gasteiger partial charge >= 0.3 is 5.97 Å². The molecule has 2 aliphatic rings. The van der Waals surface area contributed by atoms with Gasteiger partial charge in [0.2, 0.25) is 21.9 Å². The number of amides is 1. The largest absolute Gasteiger partial charge is 0.462 e. The van der Waals surface area contributed by atoms with E-state index in [4.69, 9.17) is 9.88 Å². The normalized spacial score (nSPS) is 16.4. The van der Waals surface area contributed by atoms with Gasteiger partial charge in [-0.1, -0.05) is 29.9 Å². The highest BCUT2D eigenvalue weighted by atomic mass is 32.2. The lowest BCUT2D eigenvalue weighted by atomic mass is 9.99. The molecule has 0 saturated carbocycles. The first-order valence-electron chi connectivity index (χ1n) is 15.3. The summed E-state index contributed by atoms with van der Waals surface area (Å²) in [5, 5.41) is 12.0. The monoisotopic (exact) mass is 656 g/mol. The maximum Gasteiger partial charge on any atom is 0.350 e. The lowest BCUT2D eigenvalue weighted by Gasteiger charge is -2.40. The Hall–Kier alpha value is -3.66. The third kappa shape index (κ3) is 8.75. The number of hydrogen-bond acceptors (Lipinski definition) is 12. The number of thiazole rings is 1. The summed E-state index contributed by atoms with van der Waals surface area (Å²) in [4.78, 5) is 44.3. The number of hydrogen-bond donors (Lipinski definition) is 3. The van der Waals surface area contributed by atoms with Crippen LogP contribution in [0.15, 0.2) is 35.2 Å². The Balaban J connectivity index is 1.30. The molecule has 13 nitrogen and oxygen atoms in total. The van der Waals surface area contributed by atoms with E-state index in [1.807, 2.05) is 4.90 Å². The molecule has 15 heteroatoms. The van der Waals surface area contributed by atoms with Gasteiger partial charge in [-0.25, -0.2) is 28.3 Å². The lowest BCUT2D eigenvalue weighted by Crippen LogP contribution is -2.48. The summed E-state index contributed by atoms with van der Waals surface area (Å²) in [5.74, 6) is 0.255. The highest BCUT2D eigenvalue weighted by molar-refractivity contribution is 7.89. The Labute approximate surface area is 267 Å². The smallest absolute Gasteiger partial charge is 0.350 e. The van der Waals surface area contributed by atoms with Gasteiger partial charge in [0.05, 0.1) is 29.3 Å². The van der Waals surface area contributed by atoms with Crippen molar-refractivity contribution in [2.45, 2.75) is 69.9 Å². The number of sulfonamides is 1. The second-order valence-electron chi connectivity index (χ2n) is 11.3. The van der Waals surface area contributed by atoms with Gasteiger partial charge < -0.3 is 19.9 Å². The van der Waals surface area contributed by atoms with Gasteiger partial charge in [-0.15, -0.1) is 0 Å². The van der Waals surface area contributed by atoms with E-state index in [-0.39, 0.29) is 29.8 Å². The molecule has 2 fully saturated rings. The van der Waals surface area contributed by atoms with Crippen LogP contribution in [0.4, 0.5) is 16.9 Å². The van der Waals surface area contributed by atoms with Crippen LogP contribution in [0.5, 0.6) is 0 Å². The Bertz CT molecular complexity index is 1600. The Morgan fingerprint density at radius 1 is 1.04 bits per heavy atom. The van der Waals surface area contributed by atoms with Crippen LogP contribution in [0.1, 0.15) is 65.7 Å². The number of primary sulfonamides is 1. The van der Waals surface area contributed by atoms with Crippen LogP contribution in [0.2, 0.25) is 0 Å². The first kappa shape index (κ1) is 32.7. The molecule has 4 heterocycles. The highest BCUT2D eigenvalue weighted by Gasteiger charge is 2.28. The number of benzene rings is 1. The van der Waals surface area contributed by atoms with Gasteiger partial charge in [0.15, 0.2) is 5.13 Å². The molecule has 5 rings (SSSR count). The van der Waals surface area contributed by atoms with Crippen molar-refractivity contribution in [2.24, 2.45) is 5.14 Å². The van der Waals surface area contributed by atoms with Crippen molar-refractivity contribution in [3.63, 3.8) is 0 Å². The number of aromatic nitrogens is 3. The third-order valence-electron chi connectivity index (χ3n) is 8.04. The molecule has 45 heavy (non-hydrogen) atoms. The number of ether oxygens (including phenoxy) is 1. The van der Waals surface area contributed by atoms with E-state index in [9.17, 15) is 18.0 Å². The third-order valence-corrected chi connectivity index (χ3v) is 10.0. The molecule has 2 aliphatic heterocycles. The number of piperidine rings is 2. The molecular weight excluding hydrogens is 617 g/mol. The fourth-order valence-corrected chi connectivity index (χ4v) is 7.06. The van der Waals surface area contributed by atoms with E-state index < -0.39 is 16.0 Å². The topological polar surface area (TPSA) is 173 Å². The Morgan fingerprint density at radius 2 is 1.76 bits per heavy atom. The minimum Gasteiger partial charge on any atom is -0.462 e. The molecule has 0 atom stereocenters. The number of aryl methyl sites for hydroxylation is 1. The molecule has 0 bridgehead atoms. The zero-order valence-electron chi connectivity index (χ0n) is 25.6. The van der Waals surface area contributed by atoms with Crippen molar-refractivity contribution in [3.05, 3.63) is 52.2 Å². The number of nitrogens with two attached hydrogens (primary N) is 1. The number of nitrogens with one attached hydrogen (secondary N) is 2. The fourth-order valence-electron chi connectivity index (χ4n) is 5.69. The first-order valence-corrected chi connectivity index (χ1v) is 17.6. The second kappa shape index (κ2) is 14.6. The van der Waals surface area contributed by atoms with Gasteiger partial charge in [-0.2, -0.15) is 4.98 Å². The zero-order valence-corrected chi connectivity index (χ0v) is 27.3. The second-order valence-corrected chi connectivity index (χ2v) is 13.8. The van der Waals surface area contributed by atoms with Gasteiger partial charge in [-0.3, -0.25) is 10.1 Å². The maximum atomic E-state index is 13.4. The van der Waals surface area contributed by atoms with Crippen LogP contribution in [-0.4, -0.2) is 83.9 Å². The minimum absolute atomic E-state index is 0.0102. The number of rotatable bonds is 11. The molecule has 0 radical (unpaired) electrons. The average Bonchev–Trinajstić information content (AvgIpc) is 3.40. The molecule has 4 N–H and O–H groups in total. The number of nitrogens with zero attached hydrogens (tertiary/aromatic N) is 5. The number of esters is 1. The minimum atomic E-state index is -3.79. The van der Waals surface area contributed by atoms with Crippen LogP contribution in [0.3, 0.4) is 0 Å². The number of carbonyl (C=O) groups excluding carboxylic acids is 2. The van der Waals surface area contributed by atoms with E-state index >= 15 is 0 Å². The quantitative estimate of drug-likeness (QED) is 0.258. The predicted molar refractivity (Wildman–Crippen MR) is 172 cm³/mol. The van der Waals surface area contributed by atoms with E-state index in [0.29, 0.717) is 39.8 Å². The van der Waals surface area contributed by atoms with Gasteiger partial charge in [0.25, 0.3) is 0 Å². The fraction of sp³-hybridized carbons (Fsp3) is 0.500. The van der Waals surface area contributed by atoms with E-state index in [1.54, 1.807) is 32.0 Å². The molecular formula is C30H40N8O5S2. The number of anilines is 3. The molecule has 2 saturated heterocycles. The number of likely N-dealkylation sites (tertiary alicyclic amines) is 2. The summed E-state index contributed by atoms with van der Waals surface area (Å²) < 4.78 is 28.3. The SMILES string of the molecule is CCOC(=O)c1sc(Nc2nc(CC(=O)N3CCC(N4CCCCC4)CC3)cc(NCc3ccc(S(N)(=O)=O)cc3)n2)nc1C. The average molecular weight is 657 g/mol. The Kier molecular flexibility index (Phi) is 10.6. The van der Waals surface area contributed by atoms with Crippen LogP contribution in [-0.2, 0) is 32.5 Å². The molecule has 0 spiro atoms. The van der Waals surface area contributed by atoms with E-state index in [0.717, 1.165) is 55.9 Å². The maximum absolute atomic E-state index is 13.4. The van der Waals surface area contributed by atoms with Gasteiger partial charge in [0, 0.05) is 31.7 Å². The van der Waals surface area contributed by atoms with Crippen LogP contribution >= 0.6 is 11.3 Å². The summed E-state index contributed by atoms with van der Waals surface area (Å²) >= 11 is 1.14. The first-order chi connectivity index (χ1) is 21.6. The van der Waals surface area contributed by atoms with Crippen molar-refractivity contribution in [1.82, 2.24) is 24.8 Å². The van der Waals surface area contributed by atoms with Gasteiger partial charge in [0.1, 0.15) is 10.7 Å². The van der Waals surface area contributed by atoms with Crippen molar-refractivity contribution in [3.8, 4) is 0 Å².